The van der Waals surface area contributed by atoms with Gasteiger partial charge in [-0.3, -0.25) is 14.9 Å². The maximum absolute atomic E-state index is 4.98. The number of H-pyrrole nitrogens is 1. The average molecular weight is 424 g/mol. The first-order chi connectivity index (χ1) is 15.6. The van der Waals surface area contributed by atoms with Crippen LogP contribution in [0.25, 0.3) is 22.5 Å². The highest BCUT2D eigenvalue weighted by Crippen LogP contribution is 2.33. The Bertz CT molecular complexity index is 1280. The Labute approximate surface area is 187 Å². The molecule has 0 atom stereocenters. The first-order valence-corrected chi connectivity index (χ1v) is 10.9. The van der Waals surface area contributed by atoms with Gasteiger partial charge in [0.15, 0.2) is 5.82 Å². The maximum atomic E-state index is 4.98. The van der Waals surface area contributed by atoms with Crippen molar-refractivity contribution in [1.82, 2.24) is 30.0 Å². The Morgan fingerprint density at radius 1 is 0.812 bits per heavy atom. The first-order valence-electron chi connectivity index (χ1n) is 10.9. The zero-order valence-corrected chi connectivity index (χ0v) is 18.3. The van der Waals surface area contributed by atoms with Crippen LogP contribution in [-0.4, -0.2) is 44.1 Å². The number of rotatable bonds is 4. The third-order valence-electron chi connectivity index (χ3n) is 6.26. The van der Waals surface area contributed by atoms with Gasteiger partial charge >= 0.3 is 0 Å². The molecule has 4 aromatic rings. The highest BCUT2D eigenvalue weighted by molar-refractivity contribution is 5.69. The van der Waals surface area contributed by atoms with Gasteiger partial charge in [0.25, 0.3) is 0 Å². The molecule has 0 bridgehead atoms. The third kappa shape index (κ3) is 3.45. The Hall–Kier alpha value is -3.55. The molecule has 2 aromatic carbocycles. The van der Waals surface area contributed by atoms with Gasteiger partial charge in [0, 0.05) is 54.8 Å². The molecule has 4 heterocycles. The lowest BCUT2D eigenvalue weighted by atomic mass is 10.1. The van der Waals surface area contributed by atoms with Crippen LogP contribution in [0.3, 0.4) is 0 Å². The zero-order chi connectivity index (χ0) is 21.7. The summed E-state index contributed by atoms with van der Waals surface area (Å²) < 4.78 is 0. The van der Waals surface area contributed by atoms with E-state index in [1.807, 2.05) is 12.4 Å². The van der Waals surface area contributed by atoms with E-state index in [0.29, 0.717) is 0 Å². The molecule has 7 nitrogen and oxygen atoms in total. The van der Waals surface area contributed by atoms with Crippen molar-refractivity contribution in [2.75, 3.05) is 19.4 Å². The van der Waals surface area contributed by atoms with Gasteiger partial charge < -0.3 is 5.32 Å². The van der Waals surface area contributed by atoms with Crippen LogP contribution in [0.4, 0.5) is 11.5 Å². The minimum Gasteiger partial charge on any atom is -0.340 e. The zero-order valence-electron chi connectivity index (χ0n) is 18.3. The normalized spacial score (nSPS) is 15.7. The van der Waals surface area contributed by atoms with Gasteiger partial charge in [-0.15, -0.1) is 0 Å². The van der Waals surface area contributed by atoms with Crippen LogP contribution in [0, 0.1) is 0 Å². The molecule has 0 fully saturated rings. The van der Waals surface area contributed by atoms with E-state index in [1.54, 1.807) is 0 Å². The largest absolute Gasteiger partial charge is 0.340 e. The highest BCUT2D eigenvalue weighted by atomic mass is 15.2. The third-order valence-corrected chi connectivity index (χ3v) is 6.26. The molecule has 32 heavy (non-hydrogen) atoms. The summed E-state index contributed by atoms with van der Waals surface area (Å²) in [6.45, 7) is 3.67. The topological polar surface area (TPSA) is 73.0 Å². The molecule has 0 amide bonds. The van der Waals surface area contributed by atoms with Crippen molar-refractivity contribution in [1.29, 1.82) is 0 Å². The van der Waals surface area contributed by atoms with Crippen molar-refractivity contribution in [2.45, 2.75) is 26.2 Å². The fraction of sp³-hybridized carbons (Fsp3) is 0.240. The van der Waals surface area contributed by atoms with Crippen molar-refractivity contribution in [3.8, 4) is 22.5 Å². The van der Waals surface area contributed by atoms with Gasteiger partial charge in [-0.25, -0.2) is 9.97 Å². The lowest BCUT2D eigenvalue weighted by Gasteiger charge is -2.13. The molecular formula is C25H25N7. The summed E-state index contributed by atoms with van der Waals surface area (Å²) in [6.07, 6.45) is 3.73. The van der Waals surface area contributed by atoms with E-state index in [0.717, 1.165) is 65.9 Å². The van der Waals surface area contributed by atoms with Crippen LogP contribution < -0.4 is 5.32 Å². The number of anilines is 2. The number of aromatic nitrogens is 4. The van der Waals surface area contributed by atoms with Gasteiger partial charge in [-0.1, -0.05) is 24.3 Å². The molecule has 2 aromatic heterocycles. The molecule has 2 aliphatic heterocycles. The predicted molar refractivity (Wildman–Crippen MR) is 125 cm³/mol. The number of aromatic amines is 1. The van der Waals surface area contributed by atoms with Crippen LogP contribution in [0.5, 0.6) is 0 Å². The van der Waals surface area contributed by atoms with Crippen molar-refractivity contribution < 1.29 is 0 Å². The van der Waals surface area contributed by atoms with E-state index in [2.05, 4.69) is 81.9 Å². The number of nitrogens with one attached hydrogen (secondary N) is 2. The summed E-state index contributed by atoms with van der Waals surface area (Å²) >= 11 is 0. The van der Waals surface area contributed by atoms with Crippen LogP contribution >= 0.6 is 0 Å². The standard InChI is InChI=1S/C25H25N7/c1-31-12-18-4-3-17(9-19(18)13-31)24-29-23-15-32(2)14-22(23)25(30-24)28-21-7-5-16(6-8-21)20-10-26-27-11-20/h3-11H,12-15H2,1-2H3,(H,26,27)(H,28,29,30). The van der Waals surface area contributed by atoms with E-state index < -0.39 is 0 Å². The number of benzene rings is 2. The minimum absolute atomic E-state index is 0.786. The summed E-state index contributed by atoms with van der Waals surface area (Å²) in [5, 5.41) is 10.5. The molecule has 7 heteroatoms. The van der Waals surface area contributed by atoms with Crippen molar-refractivity contribution >= 4 is 11.5 Å². The summed E-state index contributed by atoms with van der Waals surface area (Å²) in [5.41, 5.74) is 9.34. The Morgan fingerprint density at radius 2 is 1.59 bits per heavy atom. The van der Waals surface area contributed by atoms with Crippen LogP contribution in [-0.2, 0) is 26.2 Å². The number of hydrogen-bond donors (Lipinski definition) is 2. The number of nitrogens with zero attached hydrogens (tertiary/aromatic N) is 5. The molecular weight excluding hydrogens is 398 g/mol. The van der Waals surface area contributed by atoms with E-state index in [9.17, 15) is 0 Å². The fourth-order valence-electron chi connectivity index (χ4n) is 4.64. The lowest BCUT2D eigenvalue weighted by molar-refractivity contribution is 0.351. The Morgan fingerprint density at radius 3 is 2.41 bits per heavy atom. The number of hydrogen-bond acceptors (Lipinski definition) is 6. The Kier molecular flexibility index (Phi) is 4.52. The van der Waals surface area contributed by atoms with Gasteiger partial charge in [0.1, 0.15) is 5.82 Å². The molecule has 0 saturated heterocycles. The van der Waals surface area contributed by atoms with Gasteiger partial charge in [-0.05, 0) is 49.0 Å². The minimum atomic E-state index is 0.786. The Balaban J connectivity index is 1.35. The van der Waals surface area contributed by atoms with Crippen LogP contribution in [0.1, 0.15) is 22.4 Å². The first kappa shape index (κ1) is 19.2. The van der Waals surface area contributed by atoms with Crippen molar-refractivity contribution in [3.63, 3.8) is 0 Å². The second-order valence-electron chi connectivity index (χ2n) is 8.84. The fourth-order valence-corrected chi connectivity index (χ4v) is 4.64. The predicted octanol–water partition coefficient (Wildman–Crippen LogP) is 4.17. The van der Waals surface area contributed by atoms with E-state index in [4.69, 9.17) is 9.97 Å². The highest BCUT2D eigenvalue weighted by Gasteiger charge is 2.24. The molecule has 2 N–H and O–H groups in total. The quantitative estimate of drug-likeness (QED) is 0.513. The maximum Gasteiger partial charge on any atom is 0.161 e. The molecule has 0 unspecified atom stereocenters. The van der Waals surface area contributed by atoms with Crippen molar-refractivity contribution in [3.05, 3.63) is 77.2 Å². The van der Waals surface area contributed by atoms with Gasteiger partial charge in [-0.2, -0.15) is 5.10 Å². The SMILES string of the molecule is CN1Cc2ccc(-c3nc4c(c(Nc5ccc(-c6cn[nH]c6)cc5)n3)CN(C)C4)cc2C1. The molecule has 0 aliphatic carbocycles. The van der Waals surface area contributed by atoms with Crippen LogP contribution in [0.2, 0.25) is 0 Å². The lowest BCUT2D eigenvalue weighted by Crippen LogP contribution is -2.08. The summed E-state index contributed by atoms with van der Waals surface area (Å²) in [6, 6.07) is 15.0. The smallest absolute Gasteiger partial charge is 0.161 e. The summed E-state index contributed by atoms with van der Waals surface area (Å²) in [5.74, 6) is 1.68. The second-order valence-corrected chi connectivity index (χ2v) is 8.84. The monoisotopic (exact) mass is 423 g/mol. The molecule has 0 saturated carbocycles. The molecule has 6 rings (SSSR count). The molecule has 0 radical (unpaired) electrons. The summed E-state index contributed by atoms with van der Waals surface area (Å²) in [7, 11) is 4.28. The van der Waals surface area contributed by atoms with Gasteiger partial charge in [0.05, 0.1) is 11.9 Å². The van der Waals surface area contributed by atoms with Crippen LogP contribution in [0.15, 0.2) is 54.9 Å². The summed E-state index contributed by atoms with van der Waals surface area (Å²) in [4.78, 5) is 14.5. The molecule has 160 valence electrons. The number of fused-ring (bicyclic) bond motifs is 2. The van der Waals surface area contributed by atoms with Gasteiger partial charge in [0.2, 0.25) is 0 Å². The second kappa shape index (κ2) is 7.55. The van der Waals surface area contributed by atoms with E-state index in [-0.39, 0.29) is 0 Å². The average Bonchev–Trinajstić information content (AvgIpc) is 3.52. The van der Waals surface area contributed by atoms with Crippen molar-refractivity contribution in [2.24, 2.45) is 0 Å². The molecule has 2 aliphatic rings. The van der Waals surface area contributed by atoms with E-state index in [1.165, 1.54) is 16.7 Å². The van der Waals surface area contributed by atoms with E-state index >= 15 is 0 Å². The molecule has 0 spiro atoms.